The van der Waals surface area contributed by atoms with Crippen LogP contribution in [0.2, 0.25) is 0 Å². The molecule has 1 fully saturated rings. The van der Waals surface area contributed by atoms with Crippen LogP contribution in [0.15, 0.2) is 18.3 Å². The van der Waals surface area contributed by atoms with Crippen molar-refractivity contribution in [3.8, 4) is 0 Å². The van der Waals surface area contributed by atoms with Crippen molar-refractivity contribution in [3.63, 3.8) is 0 Å². The summed E-state index contributed by atoms with van der Waals surface area (Å²) in [6.07, 6.45) is 7.28. The van der Waals surface area contributed by atoms with Crippen molar-refractivity contribution in [1.82, 2.24) is 14.6 Å². The molecular formula is C16H21N3O2. The molecule has 0 N–H and O–H groups in total. The third kappa shape index (κ3) is 2.91. The zero-order valence-electron chi connectivity index (χ0n) is 12.6. The second-order valence-electron chi connectivity index (χ2n) is 5.96. The van der Waals surface area contributed by atoms with E-state index in [-0.39, 0.29) is 11.9 Å². The molecule has 1 aliphatic rings. The third-order valence-electron chi connectivity index (χ3n) is 4.54. The van der Waals surface area contributed by atoms with Gasteiger partial charge in [-0.15, -0.1) is 10.2 Å². The van der Waals surface area contributed by atoms with Crippen molar-refractivity contribution in [2.24, 2.45) is 11.8 Å². The highest BCUT2D eigenvalue weighted by Crippen LogP contribution is 2.31. The molecule has 2 aromatic heterocycles. The molecular weight excluding hydrogens is 266 g/mol. The second-order valence-corrected chi connectivity index (χ2v) is 5.96. The van der Waals surface area contributed by atoms with Gasteiger partial charge in [0, 0.05) is 6.20 Å². The molecule has 3 rings (SSSR count). The van der Waals surface area contributed by atoms with Gasteiger partial charge >= 0.3 is 5.97 Å². The van der Waals surface area contributed by atoms with Crippen LogP contribution in [-0.2, 0) is 16.0 Å². The number of ether oxygens (including phenoxy) is 1. The Balaban J connectivity index is 1.64. The largest absolute Gasteiger partial charge is 0.469 e. The summed E-state index contributed by atoms with van der Waals surface area (Å²) in [4.78, 5) is 11.5. The summed E-state index contributed by atoms with van der Waals surface area (Å²) >= 11 is 0. The summed E-state index contributed by atoms with van der Waals surface area (Å²) in [5.41, 5.74) is 2.21. The lowest BCUT2D eigenvalue weighted by molar-refractivity contribution is -0.146. The van der Waals surface area contributed by atoms with Crippen molar-refractivity contribution >= 4 is 11.6 Å². The molecule has 0 bridgehead atoms. The molecule has 1 saturated carbocycles. The number of esters is 1. The van der Waals surface area contributed by atoms with Gasteiger partial charge in [-0.2, -0.15) is 0 Å². The highest BCUT2D eigenvalue weighted by molar-refractivity contribution is 5.72. The minimum absolute atomic E-state index is 0.0463. The number of hydrogen-bond donors (Lipinski definition) is 0. The number of carbonyl (C=O) groups is 1. The van der Waals surface area contributed by atoms with Crippen LogP contribution in [0.1, 0.15) is 37.1 Å². The summed E-state index contributed by atoms with van der Waals surface area (Å²) in [6, 6.07) is 4.16. The Hall–Kier alpha value is -1.91. The number of carbonyl (C=O) groups excluding carboxylic acids is 1. The molecule has 21 heavy (non-hydrogen) atoms. The van der Waals surface area contributed by atoms with E-state index in [0.29, 0.717) is 5.92 Å². The normalized spacial score (nSPS) is 22.4. The average Bonchev–Trinajstić information content (AvgIpc) is 2.88. The van der Waals surface area contributed by atoms with Crippen LogP contribution in [0.5, 0.6) is 0 Å². The van der Waals surface area contributed by atoms with E-state index in [4.69, 9.17) is 4.74 Å². The maximum absolute atomic E-state index is 11.5. The fourth-order valence-electron chi connectivity index (χ4n) is 3.27. The summed E-state index contributed by atoms with van der Waals surface area (Å²) < 4.78 is 6.88. The highest BCUT2D eigenvalue weighted by Gasteiger charge is 2.26. The molecule has 0 amide bonds. The molecule has 0 unspecified atom stereocenters. The fourth-order valence-corrected chi connectivity index (χ4v) is 3.27. The van der Waals surface area contributed by atoms with Gasteiger partial charge in [0.2, 0.25) is 0 Å². The molecule has 1 aliphatic carbocycles. The van der Waals surface area contributed by atoms with E-state index in [1.807, 2.05) is 17.4 Å². The molecule has 0 saturated heterocycles. The van der Waals surface area contributed by atoms with Gasteiger partial charge in [0.1, 0.15) is 5.82 Å². The van der Waals surface area contributed by atoms with Crippen LogP contribution in [0.25, 0.3) is 5.65 Å². The van der Waals surface area contributed by atoms with E-state index >= 15 is 0 Å². The van der Waals surface area contributed by atoms with Gasteiger partial charge in [0.05, 0.1) is 13.0 Å². The number of aryl methyl sites for hydroxylation is 1. The minimum atomic E-state index is -0.0463. The minimum Gasteiger partial charge on any atom is -0.469 e. The molecule has 2 aromatic rings. The average molecular weight is 287 g/mol. The molecule has 0 aliphatic heterocycles. The first-order valence-corrected chi connectivity index (χ1v) is 7.55. The predicted octanol–water partition coefficient (Wildman–Crippen LogP) is 2.56. The van der Waals surface area contributed by atoms with Gasteiger partial charge in [0.15, 0.2) is 5.65 Å². The smallest absolute Gasteiger partial charge is 0.308 e. The van der Waals surface area contributed by atoms with Crippen molar-refractivity contribution in [2.75, 3.05) is 7.11 Å². The van der Waals surface area contributed by atoms with Gasteiger partial charge < -0.3 is 4.74 Å². The maximum atomic E-state index is 11.5. The van der Waals surface area contributed by atoms with Gasteiger partial charge in [-0.25, -0.2) is 0 Å². The lowest BCUT2D eigenvalue weighted by Gasteiger charge is -2.26. The van der Waals surface area contributed by atoms with E-state index in [9.17, 15) is 4.79 Å². The maximum Gasteiger partial charge on any atom is 0.308 e. The van der Waals surface area contributed by atoms with Crippen LogP contribution in [-0.4, -0.2) is 27.7 Å². The standard InChI is InChI=1S/C16H21N3O2/c1-11-17-18-15-8-5-13(10-19(11)15)9-12-3-6-14(7-4-12)16(20)21-2/h5,8,10,12,14H,3-4,6-7,9H2,1-2H3. The third-order valence-corrected chi connectivity index (χ3v) is 4.54. The van der Waals surface area contributed by atoms with Crippen LogP contribution >= 0.6 is 0 Å². The van der Waals surface area contributed by atoms with E-state index in [0.717, 1.165) is 43.6 Å². The zero-order valence-corrected chi connectivity index (χ0v) is 12.6. The molecule has 5 heteroatoms. The summed E-state index contributed by atoms with van der Waals surface area (Å²) in [7, 11) is 1.48. The molecule has 5 nitrogen and oxygen atoms in total. The highest BCUT2D eigenvalue weighted by atomic mass is 16.5. The van der Waals surface area contributed by atoms with E-state index in [1.165, 1.54) is 12.7 Å². The monoisotopic (exact) mass is 287 g/mol. The summed E-state index contributed by atoms with van der Waals surface area (Å²) in [5.74, 6) is 1.63. The van der Waals surface area contributed by atoms with E-state index in [2.05, 4.69) is 22.5 Å². The zero-order chi connectivity index (χ0) is 14.8. The lowest BCUT2D eigenvalue weighted by atomic mass is 9.79. The topological polar surface area (TPSA) is 56.5 Å². The van der Waals surface area contributed by atoms with Crippen molar-refractivity contribution in [1.29, 1.82) is 0 Å². The van der Waals surface area contributed by atoms with Crippen LogP contribution in [0.3, 0.4) is 0 Å². The summed E-state index contributed by atoms with van der Waals surface area (Å²) in [6.45, 7) is 1.96. The predicted molar refractivity (Wildman–Crippen MR) is 78.9 cm³/mol. The van der Waals surface area contributed by atoms with Crippen molar-refractivity contribution in [2.45, 2.75) is 39.0 Å². The molecule has 0 radical (unpaired) electrons. The fraction of sp³-hybridized carbons (Fsp3) is 0.562. The van der Waals surface area contributed by atoms with Crippen LogP contribution in [0, 0.1) is 18.8 Å². The van der Waals surface area contributed by atoms with Crippen molar-refractivity contribution < 1.29 is 9.53 Å². The number of nitrogens with zero attached hydrogens (tertiary/aromatic N) is 3. The molecule has 112 valence electrons. The first kappa shape index (κ1) is 14.0. The Kier molecular flexibility index (Phi) is 3.90. The number of fused-ring (bicyclic) bond motifs is 1. The molecule has 0 aromatic carbocycles. The number of aromatic nitrogens is 3. The Morgan fingerprint density at radius 3 is 2.76 bits per heavy atom. The van der Waals surface area contributed by atoms with E-state index in [1.54, 1.807) is 0 Å². The van der Waals surface area contributed by atoms with Gasteiger partial charge in [-0.3, -0.25) is 9.20 Å². The first-order valence-electron chi connectivity index (χ1n) is 7.55. The van der Waals surface area contributed by atoms with Gasteiger partial charge in [0.25, 0.3) is 0 Å². The Labute approximate surface area is 124 Å². The quantitative estimate of drug-likeness (QED) is 0.814. The Morgan fingerprint density at radius 1 is 1.29 bits per heavy atom. The van der Waals surface area contributed by atoms with Crippen molar-refractivity contribution in [3.05, 3.63) is 29.7 Å². The second kappa shape index (κ2) is 5.84. The Morgan fingerprint density at radius 2 is 2.05 bits per heavy atom. The Bertz CT molecular complexity index is 642. The summed E-state index contributed by atoms with van der Waals surface area (Å²) in [5, 5.41) is 8.19. The number of methoxy groups -OCH3 is 1. The molecule has 0 atom stereocenters. The lowest BCUT2D eigenvalue weighted by Crippen LogP contribution is -2.23. The molecule has 2 heterocycles. The number of pyridine rings is 1. The number of rotatable bonds is 3. The molecule has 0 spiro atoms. The van der Waals surface area contributed by atoms with E-state index < -0.39 is 0 Å². The van der Waals surface area contributed by atoms with Crippen LogP contribution in [0.4, 0.5) is 0 Å². The van der Waals surface area contributed by atoms with Crippen LogP contribution < -0.4 is 0 Å². The first-order chi connectivity index (χ1) is 10.2. The van der Waals surface area contributed by atoms with Gasteiger partial charge in [-0.1, -0.05) is 6.07 Å². The number of hydrogen-bond acceptors (Lipinski definition) is 4. The van der Waals surface area contributed by atoms with Gasteiger partial charge in [-0.05, 0) is 56.6 Å². The SMILES string of the molecule is COC(=O)C1CCC(Cc2ccc3nnc(C)n3c2)CC1.